The van der Waals surface area contributed by atoms with Gasteiger partial charge < -0.3 is 10.1 Å². The van der Waals surface area contributed by atoms with Gasteiger partial charge in [0, 0.05) is 23.0 Å². The number of halogens is 1. The fourth-order valence-corrected chi connectivity index (χ4v) is 7.30. The van der Waals surface area contributed by atoms with Crippen molar-refractivity contribution in [2.24, 2.45) is 0 Å². The molecule has 2 heterocycles. The van der Waals surface area contributed by atoms with E-state index < -0.39 is 15.4 Å². The normalized spacial score (nSPS) is 19.6. The number of nitrogens with zero attached hydrogens (tertiary/aromatic N) is 1. The molecule has 9 heteroatoms. The third kappa shape index (κ3) is 4.29. The lowest BCUT2D eigenvalue weighted by Crippen LogP contribution is -2.42. The zero-order valence-electron chi connectivity index (χ0n) is 16.6. The fraction of sp³-hybridized carbons (Fsp3) is 0.476. The Morgan fingerprint density at radius 3 is 2.60 bits per heavy atom. The molecule has 0 radical (unpaired) electrons. The van der Waals surface area contributed by atoms with E-state index in [2.05, 4.69) is 5.32 Å². The van der Waals surface area contributed by atoms with Crippen LogP contribution in [0.2, 0.25) is 5.02 Å². The molecule has 1 saturated carbocycles. The van der Waals surface area contributed by atoms with Gasteiger partial charge in [-0.25, -0.2) is 8.42 Å². The van der Waals surface area contributed by atoms with E-state index >= 15 is 0 Å². The summed E-state index contributed by atoms with van der Waals surface area (Å²) in [5.41, 5.74) is 0.386. The summed E-state index contributed by atoms with van der Waals surface area (Å²) in [7, 11) is -3.51. The number of thiophene rings is 1. The Hall–Kier alpha value is -1.45. The van der Waals surface area contributed by atoms with Crippen LogP contribution in [0.1, 0.15) is 36.1 Å². The van der Waals surface area contributed by atoms with Gasteiger partial charge in [0.2, 0.25) is 5.91 Å². The molecule has 1 saturated heterocycles. The molecule has 1 aliphatic carbocycles. The maximum atomic E-state index is 13.2. The molecule has 1 aliphatic heterocycles. The molecule has 162 valence electrons. The summed E-state index contributed by atoms with van der Waals surface area (Å²) in [6, 6.07) is 10.9. The van der Waals surface area contributed by atoms with Crippen LogP contribution in [0.3, 0.4) is 0 Å². The summed E-state index contributed by atoms with van der Waals surface area (Å²) in [6.45, 7) is 1.88. The van der Waals surface area contributed by atoms with E-state index in [0.717, 1.165) is 36.1 Å². The molecule has 2 fully saturated rings. The third-order valence-corrected chi connectivity index (χ3v) is 9.58. The predicted octanol–water partition coefficient (Wildman–Crippen LogP) is 3.55. The highest BCUT2D eigenvalue weighted by Crippen LogP contribution is 2.42. The number of carbonyl (C=O) groups excluding carboxylic acids is 1. The smallest absolute Gasteiger partial charge is 0.252 e. The lowest BCUT2D eigenvalue weighted by Gasteiger charge is -2.28. The topological polar surface area (TPSA) is 75.7 Å². The Labute approximate surface area is 186 Å². The van der Waals surface area contributed by atoms with Crippen molar-refractivity contribution >= 4 is 38.9 Å². The van der Waals surface area contributed by atoms with E-state index in [9.17, 15) is 13.2 Å². The number of rotatable bonds is 6. The molecule has 1 aromatic heterocycles. The van der Waals surface area contributed by atoms with Crippen molar-refractivity contribution in [3.05, 3.63) is 51.9 Å². The van der Waals surface area contributed by atoms with Crippen LogP contribution in [-0.2, 0) is 31.5 Å². The van der Waals surface area contributed by atoms with E-state index in [-0.39, 0.29) is 5.91 Å². The van der Waals surface area contributed by atoms with Crippen LogP contribution in [0.4, 0.5) is 0 Å². The van der Waals surface area contributed by atoms with Crippen LogP contribution in [-0.4, -0.2) is 44.9 Å². The second kappa shape index (κ2) is 8.96. The molecule has 0 spiro atoms. The number of amides is 1. The van der Waals surface area contributed by atoms with Gasteiger partial charge in [0.25, 0.3) is 10.0 Å². The van der Waals surface area contributed by atoms with Crippen molar-refractivity contribution in [2.45, 2.75) is 41.9 Å². The molecular formula is C21H25ClN2O4S2. The van der Waals surface area contributed by atoms with Gasteiger partial charge >= 0.3 is 0 Å². The van der Waals surface area contributed by atoms with Gasteiger partial charge in [-0.15, -0.1) is 11.3 Å². The fourth-order valence-electron chi connectivity index (χ4n) is 4.25. The Bertz CT molecular complexity index is 1010. The van der Waals surface area contributed by atoms with Crippen LogP contribution in [0.5, 0.6) is 0 Å². The van der Waals surface area contributed by atoms with E-state index in [0.29, 0.717) is 42.1 Å². The van der Waals surface area contributed by atoms with E-state index in [4.69, 9.17) is 16.3 Å². The maximum absolute atomic E-state index is 13.2. The van der Waals surface area contributed by atoms with E-state index in [1.165, 1.54) is 15.6 Å². The predicted molar refractivity (Wildman–Crippen MR) is 117 cm³/mol. The number of sulfonamides is 1. The Balaban J connectivity index is 1.46. The standard InChI is InChI=1S/C21H25ClN2O4S2/c22-17-5-3-4-16(14-17)21(8-1-2-9-21)20(25)23-15-18-6-7-19(29-18)30(26,27)24-10-12-28-13-11-24/h3-7,14H,1-2,8-13,15H2,(H,23,25). The molecule has 2 aliphatic rings. The lowest BCUT2D eigenvalue weighted by atomic mass is 9.78. The number of carbonyl (C=O) groups is 1. The van der Waals surface area contributed by atoms with E-state index in [1.54, 1.807) is 12.1 Å². The van der Waals surface area contributed by atoms with Crippen molar-refractivity contribution < 1.29 is 17.9 Å². The van der Waals surface area contributed by atoms with Crippen molar-refractivity contribution in [1.82, 2.24) is 9.62 Å². The van der Waals surface area contributed by atoms with Gasteiger partial charge in [0.15, 0.2) is 0 Å². The minimum absolute atomic E-state index is 0.0201. The molecule has 1 aromatic carbocycles. The first-order valence-electron chi connectivity index (χ1n) is 10.1. The quantitative estimate of drug-likeness (QED) is 0.703. The molecule has 2 aromatic rings. The highest BCUT2D eigenvalue weighted by molar-refractivity contribution is 7.91. The summed E-state index contributed by atoms with van der Waals surface area (Å²) < 4.78 is 32.6. The van der Waals surface area contributed by atoms with Gasteiger partial charge in [0.1, 0.15) is 4.21 Å². The summed E-state index contributed by atoms with van der Waals surface area (Å²) in [5.74, 6) is -0.0201. The average molecular weight is 469 g/mol. The number of morpholine rings is 1. The van der Waals surface area contributed by atoms with Crippen LogP contribution >= 0.6 is 22.9 Å². The molecule has 0 unspecified atom stereocenters. The number of hydrogen-bond acceptors (Lipinski definition) is 5. The van der Waals surface area contributed by atoms with Crippen LogP contribution < -0.4 is 5.32 Å². The molecule has 1 amide bonds. The molecule has 0 atom stereocenters. The van der Waals surface area contributed by atoms with E-state index in [1.807, 2.05) is 24.3 Å². The van der Waals surface area contributed by atoms with Crippen LogP contribution in [0, 0.1) is 0 Å². The molecule has 4 rings (SSSR count). The second-order valence-corrected chi connectivity index (χ2v) is 11.5. The van der Waals surface area contributed by atoms with Gasteiger partial charge in [-0.3, -0.25) is 4.79 Å². The SMILES string of the molecule is O=C(NCc1ccc(S(=O)(=O)N2CCOCC2)s1)C1(c2cccc(Cl)c2)CCCC1. The van der Waals surface area contributed by atoms with Crippen molar-refractivity contribution in [3.8, 4) is 0 Å². The zero-order chi connectivity index (χ0) is 21.2. The molecule has 0 bridgehead atoms. The van der Waals surface area contributed by atoms with Crippen molar-refractivity contribution in [2.75, 3.05) is 26.3 Å². The van der Waals surface area contributed by atoms with Crippen LogP contribution in [0.15, 0.2) is 40.6 Å². The zero-order valence-corrected chi connectivity index (χ0v) is 19.0. The number of ether oxygens (including phenoxy) is 1. The highest BCUT2D eigenvalue weighted by Gasteiger charge is 2.42. The summed E-state index contributed by atoms with van der Waals surface area (Å²) >= 11 is 7.38. The second-order valence-electron chi connectivity index (χ2n) is 7.72. The van der Waals surface area contributed by atoms with Gasteiger partial charge in [-0.1, -0.05) is 36.6 Å². The monoisotopic (exact) mass is 468 g/mol. The Kier molecular flexibility index (Phi) is 6.50. The van der Waals surface area contributed by atoms with Crippen molar-refractivity contribution in [3.63, 3.8) is 0 Å². The number of nitrogens with one attached hydrogen (secondary N) is 1. The summed E-state index contributed by atoms with van der Waals surface area (Å²) in [4.78, 5) is 14.0. The maximum Gasteiger partial charge on any atom is 0.252 e. The third-order valence-electron chi connectivity index (χ3n) is 5.89. The highest BCUT2D eigenvalue weighted by atomic mass is 35.5. The first-order valence-corrected chi connectivity index (χ1v) is 12.8. The molecular weight excluding hydrogens is 444 g/mol. The van der Waals surface area contributed by atoms with Gasteiger partial charge in [-0.2, -0.15) is 4.31 Å². The van der Waals surface area contributed by atoms with Gasteiger partial charge in [0.05, 0.1) is 25.2 Å². The Morgan fingerprint density at radius 1 is 1.17 bits per heavy atom. The minimum atomic E-state index is -3.51. The van der Waals surface area contributed by atoms with Crippen LogP contribution in [0.25, 0.3) is 0 Å². The minimum Gasteiger partial charge on any atom is -0.379 e. The molecule has 6 nitrogen and oxygen atoms in total. The number of benzene rings is 1. The Morgan fingerprint density at radius 2 is 1.90 bits per heavy atom. The van der Waals surface area contributed by atoms with Gasteiger partial charge in [-0.05, 0) is 42.7 Å². The number of hydrogen-bond donors (Lipinski definition) is 1. The summed E-state index contributed by atoms with van der Waals surface area (Å²) in [6.07, 6.45) is 3.59. The summed E-state index contributed by atoms with van der Waals surface area (Å²) in [5, 5.41) is 3.67. The van der Waals surface area contributed by atoms with Crippen molar-refractivity contribution in [1.29, 1.82) is 0 Å². The molecule has 1 N–H and O–H groups in total. The lowest BCUT2D eigenvalue weighted by molar-refractivity contribution is -0.126. The molecule has 30 heavy (non-hydrogen) atoms. The first-order chi connectivity index (χ1) is 14.4. The first kappa shape index (κ1) is 21.8. The average Bonchev–Trinajstić information content (AvgIpc) is 3.44. The largest absolute Gasteiger partial charge is 0.379 e.